The van der Waals surface area contributed by atoms with E-state index in [0.29, 0.717) is 26.2 Å². The standard InChI is InChI=1S/C27H30N2O3/c1-31-25-7-3-4-21(19-25)8-15-29-26(30)27(11-16-32-17-12-27)20-22-5-2-6-24(18-22)23-9-13-28-14-10-23/h2-7,9-10,13-14,18-19H,8,11-12,15-17,20H2,1H3,(H,29,30). The molecule has 0 atom stereocenters. The van der Waals surface area contributed by atoms with Gasteiger partial charge in [0.15, 0.2) is 0 Å². The summed E-state index contributed by atoms with van der Waals surface area (Å²) in [4.78, 5) is 17.5. The first-order chi connectivity index (χ1) is 15.7. The van der Waals surface area contributed by atoms with Crippen LogP contribution in [0.2, 0.25) is 0 Å². The van der Waals surface area contributed by atoms with E-state index in [-0.39, 0.29) is 5.91 Å². The summed E-state index contributed by atoms with van der Waals surface area (Å²) in [6.45, 7) is 1.84. The lowest BCUT2D eigenvalue weighted by molar-refractivity contribution is -0.136. The molecule has 166 valence electrons. The molecule has 1 N–H and O–H groups in total. The van der Waals surface area contributed by atoms with E-state index in [0.717, 1.165) is 41.7 Å². The molecule has 1 aliphatic rings. The number of amides is 1. The zero-order valence-electron chi connectivity index (χ0n) is 18.5. The van der Waals surface area contributed by atoms with Crippen molar-refractivity contribution in [1.82, 2.24) is 10.3 Å². The summed E-state index contributed by atoms with van der Waals surface area (Å²) < 4.78 is 10.9. The molecule has 0 unspecified atom stereocenters. The highest BCUT2D eigenvalue weighted by Crippen LogP contribution is 2.35. The topological polar surface area (TPSA) is 60.5 Å². The predicted molar refractivity (Wildman–Crippen MR) is 126 cm³/mol. The highest BCUT2D eigenvalue weighted by Gasteiger charge is 2.39. The summed E-state index contributed by atoms with van der Waals surface area (Å²) >= 11 is 0. The monoisotopic (exact) mass is 430 g/mol. The zero-order chi connectivity index (χ0) is 22.2. The number of rotatable bonds is 8. The Kier molecular flexibility index (Phi) is 7.17. The van der Waals surface area contributed by atoms with Crippen LogP contribution in [0.5, 0.6) is 5.75 Å². The third-order valence-corrected chi connectivity index (χ3v) is 6.25. The van der Waals surface area contributed by atoms with E-state index in [1.54, 1.807) is 19.5 Å². The van der Waals surface area contributed by atoms with Gasteiger partial charge in [-0.3, -0.25) is 9.78 Å². The van der Waals surface area contributed by atoms with E-state index >= 15 is 0 Å². The van der Waals surface area contributed by atoms with Crippen LogP contribution in [0.1, 0.15) is 24.0 Å². The maximum atomic E-state index is 13.4. The fourth-order valence-electron chi connectivity index (χ4n) is 4.38. The largest absolute Gasteiger partial charge is 0.497 e. The first-order valence-corrected chi connectivity index (χ1v) is 11.2. The molecule has 1 saturated heterocycles. The van der Waals surface area contributed by atoms with Gasteiger partial charge in [-0.2, -0.15) is 0 Å². The quantitative estimate of drug-likeness (QED) is 0.573. The summed E-state index contributed by atoms with van der Waals surface area (Å²) in [6.07, 6.45) is 6.55. The van der Waals surface area contributed by atoms with Gasteiger partial charge in [0.2, 0.25) is 5.91 Å². The van der Waals surface area contributed by atoms with Gasteiger partial charge in [-0.05, 0) is 72.2 Å². The number of hydrogen-bond acceptors (Lipinski definition) is 4. The van der Waals surface area contributed by atoms with Gasteiger partial charge in [-0.15, -0.1) is 0 Å². The minimum Gasteiger partial charge on any atom is -0.497 e. The Morgan fingerprint density at radius 3 is 2.53 bits per heavy atom. The van der Waals surface area contributed by atoms with Crippen molar-refractivity contribution in [3.63, 3.8) is 0 Å². The van der Waals surface area contributed by atoms with Gasteiger partial charge in [-0.1, -0.05) is 36.4 Å². The second kappa shape index (κ2) is 10.4. The normalized spacial score (nSPS) is 15.2. The fraction of sp³-hybridized carbons (Fsp3) is 0.333. The van der Waals surface area contributed by atoms with Crippen LogP contribution in [0.3, 0.4) is 0 Å². The van der Waals surface area contributed by atoms with Crippen LogP contribution in [0.15, 0.2) is 73.1 Å². The first-order valence-electron chi connectivity index (χ1n) is 11.2. The van der Waals surface area contributed by atoms with Crippen molar-refractivity contribution in [2.75, 3.05) is 26.9 Å². The van der Waals surface area contributed by atoms with Gasteiger partial charge in [-0.25, -0.2) is 0 Å². The van der Waals surface area contributed by atoms with Crippen molar-refractivity contribution in [1.29, 1.82) is 0 Å². The average molecular weight is 431 g/mol. The number of aromatic nitrogens is 1. The fourth-order valence-corrected chi connectivity index (χ4v) is 4.38. The smallest absolute Gasteiger partial charge is 0.226 e. The third kappa shape index (κ3) is 5.35. The molecular formula is C27H30N2O3. The van der Waals surface area contributed by atoms with Gasteiger partial charge in [0.1, 0.15) is 5.75 Å². The maximum Gasteiger partial charge on any atom is 0.226 e. The molecule has 4 rings (SSSR count). The second-order valence-corrected chi connectivity index (χ2v) is 8.36. The van der Waals surface area contributed by atoms with E-state index in [2.05, 4.69) is 40.6 Å². The van der Waals surface area contributed by atoms with Gasteiger partial charge < -0.3 is 14.8 Å². The molecule has 0 aliphatic carbocycles. The minimum atomic E-state index is -0.441. The second-order valence-electron chi connectivity index (χ2n) is 8.36. The van der Waals surface area contributed by atoms with Gasteiger partial charge in [0.05, 0.1) is 12.5 Å². The Labute approximate surface area is 189 Å². The number of pyridine rings is 1. The van der Waals surface area contributed by atoms with Crippen molar-refractivity contribution in [2.24, 2.45) is 5.41 Å². The number of nitrogens with one attached hydrogen (secondary N) is 1. The number of carbonyl (C=O) groups excluding carboxylic acids is 1. The van der Waals surface area contributed by atoms with E-state index < -0.39 is 5.41 Å². The Hall–Kier alpha value is -3.18. The summed E-state index contributed by atoms with van der Waals surface area (Å²) in [7, 11) is 1.67. The molecule has 0 bridgehead atoms. The van der Waals surface area contributed by atoms with E-state index in [9.17, 15) is 4.79 Å². The Bertz CT molecular complexity index is 1030. The van der Waals surface area contributed by atoms with Crippen LogP contribution >= 0.6 is 0 Å². The number of nitrogens with zero attached hydrogens (tertiary/aromatic N) is 1. The maximum absolute atomic E-state index is 13.4. The number of hydrogen-bond donors (Lipinski definition) is 1. The molecule has 0 spiro atoms. The van der Waals surface area contributed by atoms with Crippen molar-refractivity contribution in [2.45, 2.75) is 25.7 Å². The average Bonchev–Trinajstić information content (AvgIpc) is 2.85. The van der Waals surface area contributed by atoms with Gasteiger partial charge >= 0.3 is 0 Å². The molecule has 0 saturated carbocycles. The summed E-state index contributed by atoms with van der Waals surface area (Å²) in [6, 6.07) is 20.5. The van der Waals surface area contributed by atoms with Crippen LogP contribution in [-0.2, 0) is 22.4 Å². The molecule has 1 amide bonds. The Morgan fingerprint density at radius 2 is 1.75 bits per heavy atom. The Morgan fingerprint density at radius 1 is 1.00 bits per heavy atom. The van der Waals surface area contributed by atoms with Crippen LogP contribution < -0.4 is 10.1 Å². The number of benzene rings is 2. The molecule has 5 nitrogen and oxygen atoms in total. The van der Waals surface area contributed by atoms with Crippen LogP contribution in [0.4, 0.5) is 0 Å². The summed E-state index contributed by atoms with van der Waals surface area (Å²) in [5, 5.41) is 3.20. The number of methoxy groups -OCH3 is 1. The SMILES string of the molecule is COc1cccc(CCNC(=O)C2(Cc3cccc(-c4ccncc4)c3)CCOCC2)c1. The van der Waals surface area contributed by atoms with Crippen LogP contribution in [-0.4, -0.2) is 37.8 Å². The molecule has 5 heteroatoms. The van der Waals surface area contributed by atoms with Crippen molar-refractivity contribution in [3.05, 3.63) is 84.2 Å². The first kappa shape index (κ1) is 22.0. The van der Waals surface area contributed by atoms with Crippen molar-refractivity contribution >= 4 is 5.91 Å². The van der Waals surface area contributed by atoms with Crippen molar-refractivity contribution < 1.29 is 14.3 Å². The lowest BCUT2D eigenvalue weighted by Gasteiger charge is -2.36. The molecule has 1 aliphatic heterocycles. The van der Waals surface area contributed by atoms with Crippen LogP contribution in [0.25, 0.3) is 11.1 Å². The van der Waals surface area contributed by atoms with Crippen molar-refractivity contribution in [3.8, 4) is 16.9 Å². The molecule has 1 aromatic heterocycles. The summed E-state index contributed by atoms with van der Waals surface area (Å²) in [5.74, 6) is 0.960. The number of carbonyl (C=O) groups is 1. The van der Waals surface area contributed by atoms with E-state index in [1.165, 1.54) is 5.56 Å². The highest BCUT2D eigenvalue weighted by atomic mass is 16.5. The van der Waals surface area contributed by atoms with Gasteiger partial charge in [0, 0.05) is 32.2 Å². The van der Waals surface area contributed by atoms with E-state index in [4.69, 9.17) is 9.47 Å². The van der Waals surface area contributed by atoms with Crippen LogP contribution in [0, 0.1) is 5.41 Å². The minimum absolute atomic E-state index is 0.123. The molecular weight excluding hydrogens is 400 g/mol. The Balaban J connectivity index is 1.45. The van der Waals surface area contributed by atoms with Gasteiger partial charge in [0.25, 0.3) is 0 Å². The molecule has 32 heavy (non-hydrogen) atoms. The summed E-state index contributed by atoms with van der Waals surface area (Å²) in [5.41, 5.74) is 4.15. The third-order valence-electron chi connectivity index (χ3n) is 6.25. The molecule has 0 radical (unpaired) electrons. The van der Waals surface area contributed by atoms with E-state index in [1.807, 2.05) is 30.3 Å². The zero-order valence-corrected chi connectivity index (χ0v) is 18.5. The highest BCUT2D eigenvalue weighted by molar-refractivity contribution is 5.83. The lowest BCUT2D eigenvalue weighted by atomic mass is 9.74. The molecule has 2 heterocycles. The molecule has 3 aromatic rings. The number of ether oxygens (including phenoxy) is 2. The predicted octanol–water partition coefficient (Wildman–Crippen LogP) is 4.46. The lowest BCUT2D eigenvalue weighted by Crippen LogP contribution is -2.46. The molecule has 2 aromatic carbocycles. The molecule has 1 fully saturated rings.